The van der Waals surface area contributed by atoms with Crippen molar-refractivity contribution >= 4 is 27.5 Å². The SMILES string of the molecule is Cc1c(C(=O)NC2(CO)CCC2)sc2nc[nH]c(=O)c12. The molecule has 1 amide bonds. The van der Waals surface area contributed by atoms with E-state index in [0.29, 0.717) is 20.7 Å². The van der Waals surface area contributed by atoms with E-state index in [1.807, 2.05) is 0 Å². The summed E-state index contributed by atoms with van der Waals surface area (Å²) in [6, 6.07) is 0. The predicted molar refractivity (Wildman–Crippen MR) is 76.1 cm³/mol. The third kappa shape index (κ3) is 1.94. The lowest BCUT2D eigenvalue weighted by Crippen LogP contribution is -2.56. The summed E-state index contributed by atoms with van der Waals surface area (Å²) >= 11 is 1.21. The lowest BCUT2D eigenvalue weighted by atomic mass is 9.77. The minimum absolute atomic E-state index is 0.0541. The van der Waals surface area contributed by atoms with Crippen molar-refractivity contribution in [2.24, 2.45) is 0 Å². The standard InChI is InChI=1S/C13H15N3O3S/c1-7-8-10(18)14-6-15-12(8)20-9(7)11(19)16-13(5-17)3-2-4-13/h6,17H,2-5H2,1H3,(H,16,19)(H,14,15,18). The largest absolute Gasteiger partial charge is 0.394 e. The van der Waals surface area contributed by atoms with Crippen molar-refractivity contribution in [3.05, 3.63) is 27.1 Å². The number of hydrogen-bond acceptors (Lipinski definition) is 5. The van der Waals surface area contributed by atoms with Gasteiger partial charge in [-0.25, -0.2) is 4.98 Å². The monoisotopic (exact) mass is 293 g/mol. The van der Waals surface area contributed by atoms with E-state index in [4.69, 9.17) is 0 Å². The molecular weight excluding hydrogens is 278 g/mol. The van der Waals surface area contributed by atoms with Gasteiger partial charge in [0, 0.05) is 0 Å². The Balaban J connectivity index is 1.98. The van der Waals surface area contributed by atoms with Crippen LogP contribution in [0.25, 0.3) is 10.2 Å². The normalized spacial score (nSPS) is 16.9. The Bertz CT molecular complexity index is 725. The summed E-state index contributed by atoms with van der Waals surface area (Å²) in [5, 5.41) is 12.8. The Morgan fingerprint density at radius 2 is 2.35 bits per heavy atom. The van der Waals surface area contributed by atoms with Crippen molar-refractivity contribution in [3.63, 3.8) is 0 Å². The van der Waals surface area contributed by atoms with Crippen molar-refractivity contribution in [2.45, 2.75) is 31.7 Å². The number of hydrogen-bond donors (Lipinski definition) is 3. The third-order valence-corrected chi connectivity index (χ3v) is 5.13. The van der Waals surface area contributed by atoms with Gasteiger partial charge < -0.3 is 15.4 Å². The zero-order valence-electron chi connectivity index (χ0n) is 11.0. The summed E-state index contributed by atoms with van der Waals surface area (Å²) in [5.74, 6) is -0.237. The van der Waals surface area contributed by atoms with Crippen molar-refractivity contribution in [1.82, 2.24) is 15.3 Å². The number of carbonyl (C=O) groups excluding carboxylic acids is 1. The number of aromatic amines is 1. The second kappa shape index (κ2) is 4.68. The number of aryl methyl sites for hydroxylation is 1. The van der Waals surface area contributed by atoms with E-state index < -0.39 is 5.54 Å². The van der Waals surface area contributed by atoms with Gasteiger partial charge in [0.05, 0.1) is 28.7 Å². The number of nitrogens with one attached hydrogen (secondary N) is 2. The first-order valence-corrected chi connectivity index (χ1v) is 7.28. The lowest BCUT2D eigenvalue weighted by molar-refractivity contribution is 0.0644. The number of aliphatic hydroxyl groups is 1. The summed E-state index contributed by atoms with van der Waals surface area (Å²) < 4.78 is 0. The number of thiophene rings is 1. The van der Waals surface area contributed by atoms with Crippen LogP contribution in [0.1, 0.15) is 34.5 Å². The van der Waals surface area contributed by atoms with Gasteiger partial charge in [-0.2, -0.15) is 0 Å². The number of rotatable bonds is 3. The molecule has 0 saturated heterocycles. The van der Waals surface area contributed by atoms with Gasteiger partial charge in [-0.3, -0.25) is 9.59 Å². The highest BCUT2D eigenvalue weighted by Gasteiger charge is 2.38. The number of aromatic nitrogens is 2. The number of fused-ring (bicyclic) bond motifs is 1. The molecule has 2 aromatic heterocycles. The first kappa shape index (κ1) is 13.3. The molecule has 0 aliphatic heterocycles. The average molecular weight is 293 g/mol. The van der Waals surface area contributed by atoms with Crippen LogP contribution in [-0.2, 0) is 0 Å². The number of nitrogens with zero attached hydrogens (tertiary/aromatic N) is 1. The minimum atomic E-state index is -0.487. The Labute approximate surface area is 118 Å². The van der Waals surface area contributed by atoms with E-state index in [2.05, 4.69) is 15.3 Å². The number of aliphatic hydroxyl groups excluding tert-OH is 1. The molecule has 1 aliphatic rings. The van der Waals surface area contributed by atoms with E-state index in [1.165, 1.54) is 17.7 Å². The maximum atomic E-state index is 12.4. The fourth-order valence-corrected chi connectivity index (χ4v) is 3.56. The maximum Gasteiger partial charge on any atom is 0.262 e. The van der Waals surface area contributed by atoms with Gasteiger partial charge in [-0.05, 0) is 31.7 Å². The van der Waals surface area contributed by atoms with Crippen molar-refractivity contribution in [1.29, 1.82) is 0 Å². The predicted octanol–water partition coefficient (Wildman–Crippen LogP) is 0.938. The molecular formula is C13H15N3O3S. The van der Waals surface area contributed by atoms with Crippen molar-refractivity contribution in [3.8, 4) is 0 Å². The molecule has 6 nitrogen and oxygen atoms in total. The zero-order valence-corrected chi connectivity index (χ0v) is 11.8. The Hall–Kier alpha value is -1.73. The first-order chi connectivity index (χ1) is 9.56. The molecule has 1 saturated carbocycles. The highest BCUT2D eigenvalue weighted by atomic mass is 32.1. The van der Waals surface area contributed by atoms with Crippen molar-refractivity contribution < 1.29 is 9.90 Å². The molecule has 0 aromatic carbocycles. The Kier molecular flexibility index (Phi) is 3.10. The molecule has 7 heteroatoms. The van der Waals surface area contributed by atoms with Gasteiger partial charge in [0.15, 0.2) is 0 Å². The molecule has 1 fully saturated rings. The molecule has 0 unspecified atom stereocenters. The van der Waals surface area contributed by atoms with Crippen LogP contribution in [0.4, 0.5) is 0 Å². The second-order valence-electron chi connectivity index (χ2n) is 5.21. The van der Waals surface area contributed by atoms with Crippen LogP contribution in [-0.4, -0.2) is 33.1 Å². The third-order valence-electron chi connectivity index (χ3n) is 3.93. The summed E-state index contributed by atoms with van der Waals surface area (Å²) in [6.45, 7) is 1.69. The summed E-state index contributed by atoms with van der Waals surface area (Å²) in [6.07, 6.45) is 3.92. The maximum absolute atomic E-state index is 12.4. The number of carbonyl (C=O) groups is 1. The summed E-state index contributed by atoms with van der Waals surface area (Å²) in [5.41, 5.74) is -0.0768. The Morgan fingerprint density at radius 3 is 2.90 bits per heavy atom. The van der Waals surface area contributed by atoms with Crippen LogP contribution >= 0.6 is 11.3 Å². The molecule has 0 radical (unpaired) electrons. The highest BCUT2D eigenvalue weighted by Crippen LogP contribution is 2.33. The molecule has 2 heterocycles. The molecule has 0 spiro atoms. The summed E-state index contributed by atoms with van der Waals surface area (Å²) in [4.78, 5) is 31.8. The fraction of sp³-hybridized carbons (Fsp3) is 0.462. The van der Waals surface area contributed by atoms with E-state index >= 15 is 0 Å². The van der Waals surface area contributed by atoms with Gasteiger partial charge in [0.2, 0.25) is 0 Å². The second-order valence-corrected chi connectivity index (χ2v) is 6.21. The smallest absolute Gasteiger partial charge is 0.262 e. The van der Waals surface area contributed by atoms with Gasteiger partial charge >= 0.3 is 0 Å². The minimum Gasteiger partial charge on any atom is -0.394 e. The first-order valence-electron chi connectivity index (χ1n) is 6.46. The quantitative estimate of drug-likeness (QED) is 0.785. The molecule has 106 valence electrons. The van der Waals surface area contributed by atoms with Crippen LogP contribution < -0.4 is 10.9 Å². The molecule has 0 atom stereocenters. The van der Waals surface area contributed by atoms with E-state index in [9.17, 15) is 14.7 Å². The van der Waals surface area contributed by atoms with Crippen LogP contribution in [0.3, 0.4) is 0 Å². The molecule has 3 rings (SSSR count). The molecule has 0 bridgehead atoms. The molecule has 1 aliphatic carbocycles. The average Bonchev–Trinajstić information content (AvgIpc) is 2.72. The van der Waals surface area contributed by atoms with Gasteiger partial charge in [0.1, 0.15) is 4.83 Å². The number of H-pyrrole nitrogens is 1. The van der Waals surface area contributed by atoms with Gasteiger partial charge in [0.25, 0.3) is 11.5 Å². The molecule has 2 aromatic rings. The lowest BCUT2D eigenvalue weighted by Gasteiger charge is -2.40. The zero-order chi connectivity index (χ0) is 14.3. The van der Waals surface area contributed by atoms with Crippen LogP contribution in [0.15, 0.2) is 11.1 Å². The van der Waals surface area contributed by atoms with Crippen molar-refractivity contribution in [2.75, 3.05) is 6.61 Å². The molecule has 3 N–H and O–H groups in total. The van der Waals surface area contributed by atoms with Crippen LogP contribution in [0, 0.1) is 6.92 Å². The van der Waals surface area contributed by atoms with E-state index in [-0.39, 0.29) is 18.1 Å². The number of amides is 1. The van der Waals surface area contributed by atoms with Crippen LogP contribution in [0.5, 0.6) is 0 Å². The summed E-state index contributed by atoms with van der Waals surface area (Å²) in [7, 11) is 0. The highest BCUT2D eigenvalue weighted by molar-refractivity contribution is 7.20. The van der Waals surface area contributed by atoms with Crippen LogP contribution in [0.2, 0.25) is 0 Å². The Morgan fingerprint density at radius 1 is 1.60 bits per heavy atom. The van der Waals surface area contributed by atoms with Gasteiger partial charge in [-0.1, -0.05) is 0 Å². The van der Waals surface area contributed by atoms with E-state index in [0.717, 1.165) is 19.3 Å². The fourth-order valence-electron chi connectivity index (χ4n) is 2.52. The van der Waals surface area contributed by atoms with Gasteiger partial charge in [-0.15, -0.1) is 11.3 Å². The molecule has 20 heavy (non-hydrogen) atoms. The van der Waals surface area contributed by atoms with E-state index in [1.54, 1.807) is 6.92 Å². The topological polar surface area (TPSA) is 95.1 Å².